The van der Waals surface area contributed by atoms with E-state index >= 15 is 0 Å². The van der Waals surface area contributed by atoms with E-state index in [1.165, 1.54) is 0 Å². The smallest absolute Gasteiger partial charge is 0.228 e. The molecule has 1 aliphatic rings. The summed E-state index contributed by atoms with van der Waals surface area (Å²) < 4.78 is 5.83. The minimum atomic E-state index is -0.0310. The minimum absolute atomic E-state index is 0.00921. The monoisotopic (exact) mass is 298 g/mol. The van der Waals surface area contributed by atoms with Crippen molar-refractivity contribution in [2.75, 3.05) is 18.1 Å². The number of hydrogen-bond acceptors (Lipinski definition) is 4. The maximum Gasteiger partial charge on any atom is 0.228 e. The normalized spacial score (nSPS) is 17.8. The predicted molar refractivity (Wildman–Crippen MR) is 82.6 cm³/mol. The van der Waals surface area contributed by atoms with Gasteiger partial charge in [-0.25, -0.2) is 4.98 Å². The number of pyridine rings is 1. The lowest BCUT2D eigenvalue weighted by molar-refractivity contribution is -0.117. The molecule has 1 N–H and O–H groups in total. The first kappa shape index (κ1) is 14.5. The molecule has 1 saturated heterocycles. The highest BCUT2D eigenvalue weighted by molar-refractivity contribution is 5.96. The molecule has 1 aliphatic heterocycles. The van der Waals surface area contributed by atoms with Crippen molar-refractivity contribution in [3.05, 3.63) is 54.2 Å². The van der Waals surface area contributed by atoms with E-state index < -0.39 is 0 Å². The Balaban J connectivity index is 1.77. The first-order valence-electron chi connectivity index (χ1n) is 7.31. The van der Waals surface area contributed by atoms with Gasteiger partial charge in [0.2, 0.25) is 5.91 Å². The quantitative estimate of drug-likeness (QED) is 0.917. The van der Waals surface area contributed by atoms with Crippen LogP contribution in [-0.2, 0) is 11.4 Å². The molecule has 1 atom stereocenters. The zero-order chi connectivity index (χ0) is 15.4. The highest BCUT2D eigenvalue weighted by atomic mass is 16.5. The van der Waals surface area contributed by atoms with Gasteiger partial charge in [-0.2, -0.15) is 0 Å². The predicted octanol–water partition coefficient (Wildman–Crippen LogP) is 2.01. The van der Waals surface area contributed by atoms with Crippen LogP contribution < -0.4 is 9.64 Å². The average molecular weight is 298 g/mol. The van der Waals surface area contributed by atoms with E-state index in [1.54, 1.807) is 17.2 Å². The third-order valence-electron chi connectivity index (χ3n) is 3.71. The largest absolute Gasteiger partial charge is 0.485 e. The third kappa shape index (κ3) is 3.09. The Bertz CT molecular complexity index is 645. The Morgan fingerprint density at radius 2 is 2.05 bits per heavy atom. The van der Waals surface area contributed by atoms with Crippen LogP contribution in [0, 0.1) is 5.92 Å². The molecule has 114 valence electrons. The molecule has 0 saturated carbocycles. The molecule has 5 nitrogen and oxygen atoms in total. The Hall–Kier alpha value is -2.40. The van der Waals surface area contributed by atoms with E-state index in [0.29, 0.717) is 31.1 Å². The Kier molecular flexibility index (Phi) is 4.34. The third-order valence-corrected chi connectivity index (χ3v) is 3.71. The molecule has 0 aliphatic carbocycles. The van der Waals surface area contributed by atoms with Gasteiger partial charge < -0.3 is 9.84 Å². The van der Waals surface area contributed by atoms with E-state index in [2.05, 4.69) is 4.98 Å². The summed E-state index contributed by atoms with van der Waals surface area (Å²) in [4.78, 5) is 18.0. The van der Waals surface area contributed by atoms with E-state index in [1.807, 2.05) is 36.4 Å². The number of ether oxygens (including phenoxy) is 1. The van der Waals surface area contributed by atoms with Crippen LogP contribution in [0.1, 0.15) is 12.0 Å². The standard InChI is InChI=1S/C17H18N2O3/c20-11-14-9-16(21)19(10-14)17-15(7-4-8-18-17)22-12-13-5-2-1-3-6-13/h1-8,14,20H,9-12H2. The van der Waals surface area contributed by atoms with Crippen molar-refractivity contribution in [3.8, 4) is 5.75 Å². The number of aromatic nitrogens is 1. The molecular weight excluding hydrogens is 280 g/mol. The lowest BCUT2D eigenvalue weighted by Crippen LogP contribution is -2.26. The molecule has 1 unspecified atom stereocenters. The topological polar surface area (TPSA) is 62.7 Å². The molecule has 1 fully saturated rings. The zero-order valence-electron chi connectivity index (χ0n) is 12.2. The Morgan fingerprint density at radius 1 is 1.23 bits per heavy atom. The van der Waals surface area contributed by atoms with E-state index in [0.717, 1.165) is 5.56 Å². The number of anilines is 1. The summed E-state index contributed by atoms with van der Waals surface area (Å²) in [5.41, 5.74) is 1.05. The fourth-order valence-corrected chi connectivity index (χ4v) is 2.54. The summed E-state index contributed by atoms with van der Waals surface area (Å²) in [5, 5.41) is 9.24. The molecule has 1 aromatic carbocycles. The van der Waals surface area contributed by atoms with Crippen LogP contribution in [0.4, 0.5) is 5.82 Å². The Labute approximate surface area is 129 Å². The van der Waals surface area contributed by atoms with Crippen molar-refractivity contribution in [2.45, 2.75) is 13.0 Å². The lowest BCUT2D eigenvalue weighted by Gasteiger charge is -2.19. The number of amides is 1. The molecule has 1 aromatic heterocycles. The number of carbonyl (C=O) groups excluding carboxylic acids is 1. The fraction of sp³-hybridized carbons (Fsp3) is 0.294. The van der Waals surface area contributed by atoms with Gasteiger partial charge in [0.1, 0.15) is 6.61 Å². The highest BCUT2D eigenvalue weighted by Gasteiger charge is 2.32. The first-order valence-corrected chi connectivity index (χ1v) is 7.31. The number of aliphatic hydroxyl groups excluding tert-OH is 1. The van der Waals surface area contributed by atoms with Gasteiger partial charge in [-0.1, -0.05) is 30.3 Å². The van der Waals surface area contributed by atoms with Crippen molar-refractivity contribution in [1.82, 2.24) is 4.98 Å². The fourth-order valence-electron chi connectivity index (χ4n) is 2.54. The van der Waals surface area contributed by atoms with Gasteiger partial charge >= 0.3 is 0 Å². The van der Waals surface area contributed by atoms with Crippen LogP contribution in [-0.4, -0.2) is 29.1 Å². The maximum atomic E-state index is 12.1. The molecule has 1 amide bonds. The number of aliphatic hydroxyl groups is 1. The van der Waals surface area contributed by atoms with Gasteiger partial charge in [-0.15, -0.1) is 0 Å². The van der Waals surface area contributed by atoms with Gasteiger partial charge in [0, 0.05) is 31.7 Å². The summed E-state index contributed by atoms with van der Waals surface area (Å²) in [7, 11) is 0. The number of rotatable bonds is 5. The molecule has 0 spiro atoms. The highest BCUT2D eigenvalue weighted by Crippen LogP contribution is 2.31. The SMILES string of the molecule is O=C1CC(CO)CN1c1ncccc1OCc1ccccc1. The van der Waals surface area contributed by atoms with Crippen molar-refractivity contribution >= 4 is 11.7 Å². The molecule has 0 bridgehead atoms. The zero-order valence-corrected chi connectivity index (χ0v) is 12.2. The summed E-state index contributed by atoms with van der Waals surface area (Å²) in [6, 6.07) is 13.4. The molecule has 2 aromatic rings. The number of benzene rings is 1. The minimum Gasteiger partial charge on any atom is -0.485 e. The number of carbonyl (C=O) groups is 1. The summed E-state index contributed by atoms with van der Waals surface area (Å²) in [5.74, 6) is 1.05. The second kappa shape index (κ2) is 6.58. The van der Waals surface area contributed by atoms with E-state index in [-0.39, 0.29) is 18.4 Å². The maximum absolute atomic E-state index is 12.1. The van der Waals surface area contributed by atoms with Gasteiger partial charge in [0.05, 0.1) is 0 Å². The van der Waals surface area contributed by atoms with Crippen LogP contribution >= 0.6 is 0 Å². The second-order valence-electron chi connectivity index (χ2n) is 5.36. The van der Waals surface area contributed by atoms with Crippen molar-refractivity contribution < 1.29 is 14.6 Å². The van der Waals surface area contributed by atoms with Crippen molar-refractivity contribution in [2.24, 2.45) is 5.92 Å². The average Bonchev–Trinajstić information content (AvgIpc) is 2.95. The van der Waals surface area contributed by atoms with E-state index in [4.69, 9.17) is 4.74 Å². The summed E-state index contributed by atoms with van der Waals surface area (Å²) >= 11 is 0. The lowest BCUT2D eigenvalue weighted by atomic mass is 10.1. The van der Waals surface area contributed by atoms with Crippen molar-refractivity contribution in [1.29, 1.82) is 0 Å². The van der Waals surface area contributed by atoms with Crippen LogP contribution in [0.15, 0.2) is 48.7 Å². The number of hydrogen-bond donors (Lipinski definition) is 1. The van der Waals surface area contributed by atoms with E-state index in [9.17, 15) is 9.90 Å². The summed E-state index contributed by atoms with van der Waals surface area (Å²) in [6.45, 7) is 0.911. The number of nitrogens with zero attached hydrogens (tertiary/aromatic N) is 2. The second-order valence-corrected chi connectivity index (χ2v) is 5.36. The molecule has 0 radical (unpaired) electrons. The summed E-state index contributed by atoms with van der Waals surface area (Å²) in [6.07, 6.45) is 2.00. The van der Waals surface area contributed by atoms with Gasteiger partial charge in [0.15, 0.2) is 11.6 Å². The van der Waals surface area contributed by atoms with Gasteiger partial charge in [-0.05, 0) is 17.7 Å². The molecule has 2 heterocycles. The molecule has 22 heavy (non-hydrogen) atoms. The van der Waals surface area contributed by atoms with Gasteiger partial charge in [0.25, 0.3) is 0 Å². The van der Waals surface area contributed by atoms with Crippen molar-refractivity contribution in [3.63, 3.8) is 0 Å². The van der Waals surface area contributed by atoms with Crippen LogP contribution in [0.5, 0.6) is 5.75 Å². The molecular formula is C17H18N2O3. The molecule has 3 rings (SSSR count). The Morgan fingerprint density at radius 3 is 2.77 bits per heavy atom. The van der Waals surface area contributed by atoms with Gasteiger partial charge in [-0.3, -0.25) is 9.69 Å². The van der Waals surface area contributed by atoms with Crippen LogP contribution in [0.3, 0.4) is 0 Å². The molecule has 5 heteroatoms. The van der Waals surface area contributed by atoms with Crippen LogP contribution in [0.2, 0.25) is 0 Å². The first-order chi connectivity index (χ1) is 10.8. The van der Waals surface area contributed by atoms with Crippen LogP contribution in [0.25, 0.3) is 0 Å².